The van der Waals surface area contributed by atoms with E-state index in [0.29, 0.717) is 8.81 Å². The van der Waals surface area contributed by atoms with Gasteiger partial charge < -0.3 is 9.42 Å². The third-order valence-corrected chi connectivity index (χ3v) is 6.65. The normalized spacial score (nSPS) is 12.1. The molecule has 1 aromatic carbocycles. The first kappa shape index (κ1) is 34.3. The minimum absolute atomic E-state index is 0.128. The van der Waals surface area contributed by atoms with Crippen LogP contribution in [0.1, 0.15) is 58.6 Å². The Hall–Kier alpha value is -1.74. The van der Waals surface area contributed by atoms with E-state index >= 15 is 0 Å². The van der Waals surface area contributed by atoms with E-state index in [1.54, 1.807) is 0 Å². The number of aliphatic imine (C=N–C) groups is 1. The molecular weight excluding hydrogens is 500 g/mol. The van der Waals surface area contributed by atoms with Crippen LogP contribution in [0, 0.1) is 11.8 Å². The molecule has 1 aromatic rings. The highest BCUT2D eigenvalue weighted by molar-refractivity contribution is 7.99. The summed E-state index contributed by atoms with van der Waals surface area (Å²) in [6, 6.07) is 6.26. The van der Waals surface area contributed by atoms with Gasteiger partial charge in [-0.3, -0.25) is 4.99 Å². The van der Waals surface area contributed by atoms with Crippen LogP contribution in [0.2, 0.25) is 0 Å². The standard InChI is InChI=1S/C25H33F3N2S.C3H9OP/c1-6-21(18-20(4)29-5)10-11-22-12-13-23(7-2)24(19-22)30(8-3)15-9-16-31-17-14-25(26,27)28;1-3-4-5-2/h6,12-13,18-19H,5,7-9,14-17H2,1-4H3;5H,3H2,1-2H3/b20-18-,21-6-;. The lowest BCUT2D eigenvalue weighted by Crippen LogP contribution is -2.25. The first-order chi connectivity index (χ1) is 17.1. The van der Waals surface area contributed by atoms with Gasteiger partial charge in [0, 0.05) is 56.8 Å². The topological polar surface area (TPSA) is 24.8 Å². The highest BCUT2D eigenvalue weighted by Crippen LogP contribution is 2.25. The van der Waals surface area contributed by atoms with E-state index in [1.165, 1.54) is 17.3 Å². The second-order valence-electron chi connectivity index (χ2n) is 7.68. The number of anilines is 1. The summed E-state index contributed by atoms with van der Waals surface area (Å²) in [5, 5.41) is 0. The molecule has 202 valence electrons. The van der Waals surface area contributed by atoms with Crippen LogP contribution < -0.4 is 4.90 Å². The van der Waals surface area contributed by atoms with Gasteiger partial charge in [0.25, 0.3) is 0 Å². The molecule has 1 unspecified atom stereocenters. The van der Waals surface area contributed by atoms with E-state index < -0.39 is 12.6 Å². The van der Waals surface area contributed by atoms with Gasteiger partial charge in [-0.05, 0) is 83.4 Å². The third kappa shape index (κ3) is 16.1. The number of rotatable bonds is 13. The van der Waals surface area contributed by atoms with Gasteiger partial charge in [0.2, 0.25) is 0 Å². The highest BCUT2D eigenvalue weighted by Gasteiger charge is 2.26. The van der Waals surface area contributed by atoms with E-state index in [2.05, 4.69) is 54.4 Å². The second kappa shape index (κ2) is 20.3. The van der Waals surface area contributed by atoms with Crippen LogP contribution in [-0.2, 0) is 10.9 Å². The molecule has 0 radical (unpaired) electrons. The molecule has 0 spiro atoms. The molecule has 0 aliphatic carbocycles. The predicted octanol–water partition coefficient (Wildman–Crippen LogP) is 8.30. The van der Waals surface area contributed by atoms with Crippen molar-refractivity contribution in [2.75, 3.05) is 42.8 Å². The van der Waals surface area contributed by atoms with Crippen molar-refractivity contribution in [1.82, 2.24) is 0 Å². The SMILES string of the molecule is C=N/C(C)=C\C(C#Cc1ccc(CC)c(N(CC)CCCSCCC(F)(F)F)c1)=C/C.CCOPC. The number of alkyl halides is 3. The van der Waals surface area contributed by atoms with Crippen LogP contribution in [0.5, 0.6) is 0 Å². The molecule has 8 heteroatoms. The minimum Gasteiger partial charge on any atom is -0.372 e. The molecule has 3 nitrogen and oxygen atoms in total. The number of hydrogen-bond acceptors (Lipinski definition) is 4. The first-order valence-corrected chi connectivity index (χ1v) is 14.9. The molecule has 0 aliphatic heterocycles. The van der Waals surface area contributed by atoms with Gasteiger partial charge in [-0.25, -0.2) is 0 Å². The second-order valence-corrected chi connectivity index (χ2v) is 9.60. The zero-order chi connectivity index (χ0) is 27.4. The summed E-state index contributed by atoms with van der Waals surface area (Å²) < 4.78 is 41.6. The van der Waals surface area contributed by atoms with Crippen molar-refractivity contribution in [2.24, 2.45) is 4.99 Å². The van der Waals surface area contributed by atoms with Crippen LogP contribution >= 0.6 is 20.6 Å². The van der Waals surface area contributed by atoms with Crippen LogP contribution in [0.3, 0.4) is 0 Å². The van der Waals surface area contributed by atoms with Crippen molar-refractivity contribution in [1.29, 1.82) is 0 Å². The van der Waals surface area contributed by atoms with E-state index in [-0.39, 0.29) is 5.75 Å². The zero-order valence-corrected chi connectivity index (χ0v) is 24.4. The first-order valence-electron chi connectivity index (χ1n) is 12.3. The number of nitrogens with zero attached hydrogens (tertiary/aromatic N) is 2. The monoisotopic (exact) mass is 542 g/mol. The molecule has 0 aliphatic rings. The summed E-state index contributed by atoms with van der Waals surface area (Å²) in [5.41, 5.74) is 5.03. The molecule has 0 aromatic heterocycles. The molecule has 1 atom stereocenters. The van der Waals surface area contributed by atoms with Crippen molar-refractivity contribution < 1.29 is 17.7 Å². The maximum Gasteiger partial charge on any atom is 0.389 e. The molecule has 0 bridgehead atoms. The number of halogens is 3. The van der Waals surface area contributed by atoms with Gasteiger partial charge in [-0.15, -0.1) is 0 Å². The largest absolute Gasteiger partial charge is 0.389 e. The van der Waals surface area contributed by atoms with Gasteiger partial charge in [-0.1, -0.05) is 30.9 Å². The smallest absolute Gasteiger partial charge is 0.372 e. The molecule has 0 amide bonds. The summed E-state index contributed by atoms with van der Waals surface area (Å²) in [4.78, 5) is 6.19. The quantitative estimate of drug-likeness (QED) is 0.0824. The Morgan fingerprint density at radius 3 is 2.47 bits per heavy atom. The highest BCUT2D eigenvalue weighted by atomic mass is 32.2. The lowest BCUT2D eigenvalue weighted by Gasteiger charge is -2.26. The van der Waals surface area contributed by atoms with Crippen molar-refractivity contribution in [3.05, 3.63) is 52.7 Å². The Labute approximate surface area is 222 Å². The number of hydrogen-bond donors (Lipinski definition) is 0. The third-order valence-electron chi connectivity index (χ3n) is 5.00. The fourth-order valence-corrected chi connectivity index (χ4v) is 4.28. The number of aryl methyl sites for hydroxylation is 1. The summed E-state index contributed by atoms with van der Waals surface area (Å²) in [6.45, 7) is 18.1. The fraction of sp³-hybridized carbons (Fsp3) is 0.536. The molecule has 0 N–H and O–H groups in total. The summed E-state index contributed by atoms with van der Waals surface area (Å²) in [7, 11) is 0.658. The maximum absolute atomic E-state index is 12.3. The van der Waals surface area contributed by atoms with Crippen LogP contribution in [0.15, 0.2) is 46.6 Å². The Kier molecular flexibility index (Phi) is 19.3. The molecule has 0 fully saturated rings. The van der Waals surface area contributed by atoms with E-state index in [9.17, 15) is 13.2 Å². The average molecular weight is 543 g/mol. The fourth-order valence-electron chi connectivity index (χ4n) is 3.08. The van der Waals surface area contributed by atoms with Crippen molar-refractivity contribution in [3.8, 4) is 11.8 Å². The van der Waals surface area contributed by atoms with Gasteiger partial charge >= 0.3 is 6.18 Å². The van der Waals surface area contributed by atoms with Gasteiger partial charge in [0.05, 0.1) is 6.42 Å². The summed E-state index contributed by atoms with van der Waals surface area (Å²) in [5.74, 6) is 7.27. The van der Waals surface area contributed by atoms with Crippen LogP contribution in [0.25, 0.3) is 0 Å². The molecule has 1 rings (SSSR count). The summed E-state index contributed by atoms with van der Waals surface area (Å²) >= 11 is 1.37. The maximum atomic E-state index is 12.3. The van der Waals surface area contributed by atoms with E-state index in [1.807, 2.05) is 45.7 Å². The van der Waals surface area contributed by atoms with Gasteiger partial charge in [0.1, 0.15) is 0 Å². The number of thioether (sulfide) groups is 1. The van der Waals surface area contributed by atoms with Gasteiger partial charge in [-0.2, -0.15) is 24.9 Å². The zero-order valence-electron chi connectivity index (χ0n) is 22.6. The molecule has 36 heavy (non-hydrogen) atoms. The Balaban J connectivity index is 0.00000222. The molecule has 0 saturated heterocycles. The lowest BCUT2D eigenvalue weighted by atomic mass is 10.0. The molecule has 0 heterocycles. The molecular formula is C28H42F3N2OPS. The molecule has 0 saturated carbocycles. The van der Waals surface area contributed by atoms with Crippen LogP contribution in [-0.4, -0.2) is 50.8 Å². The summed E-state index contributed by atoms with van der Waals surface area (Å²) in [6.07, 6.45) is 0.808. The lowest BCUT2D eigenvalue weighted by molar-refractivity contribution is -0.129. The van der Waals surface area contributed by atoms with Crippen molar-refractivity contribution in [3.63, 3.8) is 0 Å². The van der Waals surface area contributed by atoms with Crippen LogP contribution in [0.4, 0.5) is 18.9 Å². The van der Waals surface area contributed by atoms with E-state index in [4.69, 9.17) is 4.52 Å². The van der Waals surface area contributed by atoms with Gasteiger partial charge in [0.15, 0.2) is 0 Å². The average Bonchev–Trinajstić information content (AvgIpc) is 2.86. The Bertz CT molecular complexity index is 887. The Morgan fingerprint density at radius 2 is 1.97 bits per heavy atom. The minimum atomic E-state index is -4.07. The predicted molar refractivity (Wildman–Crippen MR) is 156 cm³/mol. The number of allylic oxidation sites excluding steroid dienone is 4. The van der Waals surface area contributed by atoms with Crippen molar-refractivity contribution >= 4 is 33.0 Å². The van der Waals surface area contributed by atoms with Crippen molar-refractivity contribution in [2.45, 2.75) is 60.1 Å². The van der Waals surface area contributed by atoms with E-state index in [0.717, 1.165) is 60.8 Å². The Morgan fingerprint density at radius 1 is 1.25 bits per heavy atom. The number of benzene rings is 1.